The summed E-state index contributed by atoms with van der Waals surface area (Å²) < 4.78 is 6.18. The van der Waals surface area contributed by atoms with Gasteiger partial charge in [0, 0.05) is 44.3 Å². The highest BCUT2D eigenvalue weighted by atomic mass is 16.5. The van der Waals surface area contributed by atoms with Gasteiger partial charge in [0.2, 0.25) is 11.8 Å². The summed E-state index contributed by atoms with van der Waals surface area (Å²) in [5.41, 5.74) is -0.433. The third kappa shape index (κ3) is 3.85. The Labute approximate surface area is 187 Å². The molecule has 0 aromatic heterocycles. The average molecular weight is 442 g/mol. The first kappa shape index (κ1) is 21.2. The fraction of sp³-hybridized carbons (Fsp3) is 0.625. The molecule has 4 aliphatic rings. The van der Waals surface area contributed by atoms with Crippen LogP contribution in [-0.2, 0) is 9.59 Å². The molecule has 1 saturated carbocycles. The Balaban J connectivity index is 1.26. The maximum atomic E-state index is 13.2. The molecule has 2 N–H and O–H groups in total. The van der Waals surface area contributed by atoms with Crippen molar-refractivity contribution in [2.75, 3.05) is 19.6 Å². The van der Waals surface area contributed by atoms with Crippen molar-refractivity contribution in [3.63, 3.8) is 0 Å². The Morgan fingerprint density at radius 2 is 1.94 bits per heavy atom. The summed E-state index contributed by atoms with van der Waals surface area (Å²) in [7, 11) is 0. The fourth-order valence-corrected chi connectivity index (χ4v) is 5.87. The molecule has 1 aliphatic carbocycles. The third-order valence-electron chi connectivity index (χ3n) is 7.65. The summed E-state index contributed by atoms with van der Waals surface area (Å²) in [4.78, 5) is 42.2. The Bertz CT molecular complexity index is 921. The lowest BCUT2D eigenvalue weighted by molar-refractivity contribution is -0.147. The smallest absolute Gasteiger partial charge is 0.258 e. The van der Waals surface area contributed by atoms with Gasteiger partial charge in [0.1, 0.15) is 5.75 Å². The van der Waals surface area contributed by atoms with E-state index < -0.39 is 5.72 Å². The van der Waals surface area contributed by atoms with Crippen LogP contribution in [0.25, 0.3) is 0 Å². The highest BCUT2D eigenvalue weighted by Gasteiger charge is 2.44. The van der Waals surface area contributed by atoms with Gasteiger partial charge in [0.25, 0.3) is 5.91 Å². The fourth-order valence-electron chi connectivity index (χ4n) is 5.87. The van der Waals surface area contributed by atoms with Gasteiger partial charge in [0.15, 0.2) is 5.72 Å². The van der Waals surface area contributed by atoms with E-state index in [0.717, 1.165) is 25.7 Å². The number of hydrogen-bond acceptors (Lipinski definition) is 5. The number of benzene rings is 1. The van der Waals surface area contributed by atoms with E-state index in [2.05, 4.69) is 5.32 Å². The second kappa shape index (κ2) is 8.39. The van der Waals surface area contributed by atoms with Gasteiger partial charge in [0.05, 0.1) is 18.2 Å². The Morgan fingerprint density at radius 1 is 1.12 bits per heavy atom. The van der Waals surface area contributed by atoms with Gasteiger partial charge in [-0.3, -0.25) is 14.4 Å². The topological polar surface area (TPSA) is 99.2 Å². The molecular formula is C24H31N3O5. The predicted octanol–water partition coefficient (Wildman–Crippen LogP) is 1.67. The van der Waals surface area contributed by atoms with Gasteiger partial charge in [-0.05, 0) is 31.4 Å². The van der Waals surface area contributed by atoms with E-state index in [4.69, 9.17) is 4.74 Å². The molecule has 32 heavy (non-hydrogen) atoms. The molecule has 1 aromatic carbocycles. The molecule has 4 atom stereocenters. The summed E-state index contributed by atoms with van der Waals surface area (Å²) >= 11 is 0. The number of aliphatic hydroxyl groups excluding tert-OH is 1. The van der Waals surface area contributed by atoms with Crippen molar-refractivity contribution in [2.45, 2.75) is 69.2 Å². The van der Waals surface area contributed by atoms with Crippen LogP contribution in [0.5, 0.6) is 5.75 Å². The van der Waals surface area contributed by atoms with Crippen molar-refractivity contribution in [1.82, 2.24) is 15.1 Å². The summed E-state index contributed by atoms with van der Waals surface area (Å²) in [6.07, 6.45) is 5.32. The summed E-state index contributed by atoms with van der Waals surface area (Å²) in [6.45, 7) is 0.930. The molecule has 1 aromatic rings. The number of likely N-dealkylation sites (tertiary alicyclic amines) is 2. The second-order valence-corrected chi connectivity index (χ2v) is 9.57. The lowest BCUT2D eigenvalue weighted by Crippen LogP contribution is -2.57. The molecule has 8 heteroatoms. The van der Waals surface area contributed by atoms with Crippen LogP contribution in [0.3, 0.4) is 0 Å². The highest BCUT2D eigenvalue weighted by molar-refractivity contribution is 5.98. The van der Waals surface area contributed by atoms with Gasteiger partial charge in [-0.25, -0.2) is 0 Å². The molecule has 3 amide bonds. The second-order valence-electron chi connectivity index (χ2n) is 9.57. The number of nitrogens with zero attached hydrogens (tertiary/aromatic N) is 2. The van der Waals surface area contributed by atoms with Crippen LogP contribution in [0.4, 0.5) is 0 Å². The van der Waals surface area contributed by atoms with Crippen molar-refractivity contribution in [1.29, 1.82) is 0 Å². The van der Waals surface area contributed by atoms with Crippen LogP contribution >= 0.6 is 0 Å². The number of fused-ring (bicyclic) bond motifs is 2. The Kier molecular flexibility index (Phi) is 5.57. The molecule has 1 spiro atoms. The normalized spacial score (nSPS) is 32.5. The number of amides is 3. The van der Waals surface area contributed by atoms with Gasteiger partial charge in [-0.2, -0.15) is 0 Å². The zero-order chi connectivity index (χ0) is 22.3. The van der Waals surface area contributed by atoms with Crippen LogP contribution < -0.4 is 10.1 Å². The zero-order valence-electron chi connectivity index (χ0n) is 18.3. The molecule has 0 bridgehead atoms. The van der Waals surface area contributed by atoms with E-state index in [1.54, 1.807) is 23.1 Å². The minimum atomic E-state index is -0.928. The van der Waals surface area contributed by atoms with E-state index in [0.29, 0.717) is 43.7 Å². The van der Waals surface area contributed by atoms with E-state index >= 15 is 0 Å². The molecule has 2 saturated heterocycles. The molecule has 3 heterocycles. The number of carbonyl (C=O) groups is 3. The van der Waals surface area contributed by atoms with Crippen LogP contribution in [0.1, 0.15) is 61.7 Å². The number of aliphatic hydroxyl groups is 1. The first-order chi connectivity index (χ1) is 15.5. The van der Waals surface area contributed by atoms with Gasteiger partial charge >= 0.3 is 0 Å². The number of ether oxygens (including phenoxy) is 1. The lowest BCUT2D eigenvalue weighted by Gasteiger charge is -2.46. The third-order valence-corrected chi connectivity index (χ3v) is 7.65. The van der Waals surface area contributed by atoms with Crippen molar-refractivity contribution < 1.29 is 24.2 Å². The van der Waals surface area contributed by atoms with E-state index in [9.17, 15) is 19.5 Å². The molecule has 3 fully saturated rings. The van der Waals surface area contributed by atoms with Crippen LogP contribution in [0.15, 0.2) is 24.3 Å². The van der Waals surface area contributed by atoms with Crippen LogP contribution in [-0.4, -0.2) is 70.1 Å². The Morgan fingerprint density at radius 3 is 2.81 bits per heavy atom. The number of piperidine rings is 1. The first-order valence-corrected chi connectivity index (χ1v) is 11.8. The van der Waals surface area contributed by atoms with Crippen molar-refractivity contribution in [3.05, 3.63) is 29.8 Å². The lowest BCUT2D eigenvalue weighted by atomic mass is 9.76. The molecule has 0 radical (unpaired) electrons. The molecule has 3 aliphatic heterocycles. The highest BCUT2D eigenvalue weighted by Crippen LogP contribution is 2.36. The Hall–Kier alpha value is -2.61. The van der Waals surface area contributed by atoms with Crippen molar-refractivity contribution >= 4 is 17.7 Å². The number of rotatable bonds is 2. The number of para-hydroxylation sites is 1. The predicted molar refractivity (Wildman–Crippen MR) is 116 cm³/mol. The first-order valence-electron chi connectivity index (χ1n) is 11.8. The maximum Gasteiger partial charge on any atom is 0.258 e. The number of carbonyl (C=O) groups excluding carboxylic acids is 3. The van der Waals surface area contributed by atoms with Crippen LogP contribution in [0, 0.1) is 5.92 Å². The standard InChI is InChI=1S/C24H31N3O5/c28-19-10-13-27(18-7-3-1-5-16(18)19)22(30)15-26-14-12-24(11-9-21(26)29)25-23(31)17-6-2-4-8-20(17)32-24/h2,4,6,8,16,18-19,28H,1,3,5,7,9-15H2,(H,25,31). The van der Waals surface area contributed by atoms with Gasteiger partial charge in [-0.15, -0.1) is 0 Å². The summed E-state index contributed by atoms with van der Waals surface area (Å²) in [5, 5.41) is 13.4. The summed E-state index contributed by atoms with van der Waals surface area (Å²) in [5.74, 6) is 0.346. The zero-order valence-corrected chi connectivity index (χ0v) is 18.3. The molecule has 172 valence electrons. The number of nitrogens with one attached hydrogen (secondary N) is 1. The molecule has 5 rings (SSSR count). The van der Waals surface area contributed by atoms with Crippen molar-refractivity contribution in [2.24, 2.45) is 5.92 Å². The maximum absolute atomic E-state index is 13.2. The van der Waals surface area contributed by atoms with E-state index in [1.807, 2.05) is 11.0 Å². The molecule has 4 unspecified atom stereocenters. The van der Waals surface area contributed by atoms with E-state index in [-0.39, 0.29) is 48.8 Å². The molecule has 8 nitrogen and oxygen atoms in total. The minimum Gasteiger partial charge on any atom is -0.467 e. The van der Waals surface area contributed by atoms with E-state index in [1.165, 1.54) is 0 Å². The SMILES string of the molecule is O=C1NC2(CCC(=O)N(CC(=O)N3CCC(O)C4CCCCC43)CC2)Oc2ccccc21. The van der Waals surface area contributed by atoms with Gasteiger partial charge < -0.3 is 25.0 Å². The summed E-state index contributed by atoms with van der Waals surface area (Å²) in [6, 6.07) is 7.19. The van der Waals surface area contributed by atoms with Crippen LogP contribution in [0.2, 0.25) is 0 Å². The largest absolute Gasteiger partial charge is 0.467 e. The van der Waals surface area contributed by atoms with Crippen molar-refractivity contribution in [3.8, 4) is 5.75 Å². The van der Waals surface area contributed by atoms with Gasteiger partial charge in [-0.1, -0.05) is 25.0 Å². The average Bonchev–Trinajstić information content (AvgIpc) is 2.94. The quantitative estimate of drug-likeness (QED) is 0.727. The monoisotopic (exact) mass is 441 g/mol. The molecular weight excluding hydrogens is 410 g/mol. The number of hydrogen-bond donors (Lipinski definition) is 2. The minimum absolute atomic E-state index is 0.0404.